The number of amides is 1. The number of nitrogens with one attached hydrogen (secondary N) is 1. The van der Waals surface area contributed by atoms with Crippen LogP contribution in [0.1, 0.15) is 61.8 Å². The maximum absolute atomic E-state index is 12.7. The highest BCUT2D eigenvalue weighted by Crippen LogP contribution is 2.36. The Morgan fingerprint density at radius 3 is 2.58 bits per heavy atom. The number of anilines is 1. The molecule has 1 heterocycles. The fraction of sp³-hybridized carbons (Fsp3) is 0.480. The van der Waals surface area contributed by atoms with Crippen molar-refractivity contribution in [3.05, 3.63) is 53.1 Å². The average molecular weight is 473 g/mol. The maximum Gasteiger partial charge on any atom is 0.232 e. The van der Waals surface area contributed by atoms with Gasteiger partial charge in [-0.25, -0.2) is 8.42 Å². The van der Waals surface area contributed by atoms with Crippen LogP contribution >= 0.6 is 0 Å². The Hall–Kier alpha value is -2.74. The molecule has 0 saturated heterocycles. The van der Waals surface area contributed by atoms with Crippen LogP contribution in [-0.2, 0) is 27.7 Å². The van der Waals surface area contributed by atoms with E-state index in [9.17, 15) is 13.2 Å². The molecule has 8 heteroatoms. The summed E-state index contributed by atoms with van der Waals surface area (Å²) in [6.07, 6.45) is 7.34. The molecule has 2 aromatic carbocycles. The van der Waals surface area contributed by atoms with E-state index in [-0.39, 0.29) is 31.7 Å². The van der Waals surface area contributed by atoms with Crippen molar-refractivity contribution < 1.29 is 22.7 Å². The van der Waals surface area contributed by atoms with E-state index in [0.717, 1.165) is 24.8 Å². The van der Waals surface area contributed by atoms with E-state index in [1.54, 1.807) is 18.2 Å². The molecule has 2 aliphatic rings. The number of hydrogen-bond donors (Lipinski definition) is 1. The summed E-state index contributed by atoms with van der Waals surface area (Å²) < 4.78 is 36.8. The Balaban J connectivity index is 1.36. The number of hydrogen-bond acceptors (Lipinski definition) is 5. The average Bonchev–Trinajstić information content (AvgIpc) is 3.27. The van der Waals surface area contributed by atoms with Gasteiger partial charge in [0, 0.05) is 19.0 Å². The van der Waals surface area contributed by atoms with Crippen molar-refractivity contribution >= 4 is 21.6 Å². The molecule has 1 aliphatic carbocycles. The molecule has 0 fully saturated rings. The van der Waals surface area contributed by atoms with Crippen molar-refractivity contribution in [2.45, 2.75) is 57.9 Å². The van der Waals surface area contributed by atoms with Gasteiger partial charge in [0.05, 0.1) is 18.0 Å². The second-order valence-corrected chi connectivity index (χ2v) is 10.6. The number of carbonyl (C=O) groups excluding carboxylic acids is 1. The number of aryl methyl sites for hydroxylation is 2. The number of carbonyl (C=O) groups is 1. The Kier molecular flexibility index (Phi) is 7.12. The molecule has 1 N–H and O–H groups in total. The molecule has 1 aliphatic heterocycles. The first kappa shape index (κ1) is 23.4. The molecule has 0 spiro atoms. The molecular formula is C25H32N2O5S. The summed E-state index contributed by atoms with van der Waals surface area (Å²) in [5.41, 5.74) is 4.47. The maximum atomic E-state index is 12.7. The summed E-state index contributed by atoms with van der Waals surface area (Å²) in [6.45, 7) is 2.40. The lowest BCUT2D eigenvalue weighted by molar-refractivity contribution is -0.121. The predicted molar refractivity (Wildman–Crippen MR) is 128 cm³/mol. The number of ether oxygens (including phenoxy) is 2. The van der Waals surface area contributed by atoms with Crippen molar-refractivity contribution in [3.8, 4) is 11.5 Å². The first-order chi connectivity index (χ1) is 15.8. The van der Waals surface area contributed by atoms with Crippen LogP contribution in [0.5, 0.6) is 11.5 Å². The summed E-state index contributed by atoms with van der Waals surface area (Å²) in [5.74, 6) is 1.05. The van der Waals surface area contributed by atoms with Crippen LogP contribution in [-0.4, -0.2) is 33.9 Å². The molecule has 0 unspecified atom stereocenters. The van der Waals surface area contributed by atoms with E-state index in [2.05, 4.69) is 30.4 Å². The third-order valence-electron chi connectivity index (χ3n) is 6.33. The quantitative estimate of drug-likeness (QED) is 0.594. The highest BCUT2D eigenvalue weighted by molar-refractivity contribution is 7.92. The first-order valence-electron chi connectivity index (χ1n) is 11.6. The second kappa shape index (κ2) is 10.0. The van der Waals surface area contributed by atoms with Crippen LogP contribution in [0.3, 0.4) is 0 Å². The SMILES string of the molecule is CC[C@@H](NC(=O)CCCN(c1ccc2c(c1)OCO2)S(C)(=O)=O)c1ccc2c(c1)CCCC2. The molecule has 0 aromatic heterocycles. The first-order valence-corrected chi connectivity index (χ1v) is 13.5. The van der Waals surface area contributed by atoms with E-state index in [0.29, 0.717) is 23.6 Å². The van der Waals surface area contributed by atoms with Gasteiger partial charge in [-0.05, 0) is 67.3 Å². The van der Waals surface area contributed by atoms with Crippen molar-refractivity contribution in [1.82, 2.24) is 5.32 Å². The lowest BCUT2D eigenvalue weighted by Crippen LogP contribution is -2.33. The highest BCUT2D eigenvalue weighted by atomic mass is 32.2. The number of nitrogens with zero attached hydrogens (tertiary/aromatic N) is 1. The van der Waals surface area contributed by atoms with Crippen LogP contribution < -0.4 is 19.1 Å². The number of benzene rings is 2. The Morgan fingerprint density at radius 1 is 1.06 bits per heavy atom. The molecule has 7 nitrogen and oxygen atoms in total. The minimum Gasteiger partial charge on any atom is -0.454 e. The zero-order valence-corrected chi connectivity index (χ0v) is 20.1. The van der Waals surface area contributed by atoms with Crippen molar-refractivity contribution in [2.24, 2.45) is 0 Å². The van der Waals surface area contributed by atoms with Crippen LogP contribution in [0.25, 0.3) is 0 Å². The van der Waals surface area contributed by atoms with Crippen molar-refractivity contribution in [3.63, 3.8) is 0 Å². The Morgan fingerprint density at radius 2 is 1.82 bits per heavy atom. The number of rotatable bonds is 9. The van der Waals surface area contributed by atoms with Gasteiger partial charge in [-0.2, -0.15) is 0 Å². The predicted octanol–water partition coefficient (Wildman–Crippen LogP) is 4.11. The summed E-state index contributed by atoms with van der Waals surface area (Å²) in [4.78, 5) is 12.7. The van der Waals surface area contributed by atoms with Crippen molar-refractivity contribution in [1.29, 1.82) is 0 Å². The summed E-state index contributed by atoms with van der Waals surface area (Å²) in [7, 11) is -3.51. The molecule has 0 radical (unpaired) electrons. The van der Waals surface area contributed by atoms with Crippen molar-refractivity contribution in [2.75, 3.05) is 23.9 Å². The molecule has 1 amide bonds. The molecule has 0 bridgehead atoms. The standard InChI is InChI=1S/C25H32N2O5S/c1-3-22(20-11-10-18-7-4-5-8-19(18)15-20)26-25(28)9-6-14-27(33(2,29)30)21-12-13-23-24(16-21)32-17-31-23/h10-13,15-16,22H,3-9,14,17H2,1-2H3,(H,26,28)/t22-/m1/s1. The molecule has 178 valence electrons. The van der Waals surface area contributed by atoms with E-state index < -0.39 is 10.0 Å². The fourth-order valence-corrected chi connectivity index (χ4v) is 5.52. The van der Waals surface area contributed by atoms with E-state index in [1.807, 2.05) is 0 Å². The van der Waals surface area contributed by atoms with E-state index >= 15 is 0 Å². The van der Waals surface area contributed by atoms with Gasteiger partial charge in [-0.15, -0.1) is 0 Å². The molecule has 0 saturated carbocycles. The number of sulfonamides is 1. The van der Waals surface area contributed by atoms with Gasteiger partial charge in [0.2, 0.25) is 22.7 Å². The van der Waals surface area contributed by atoms with Crippen LogP contribution in [0, 0.1) is 0 Å². The smallest absolute Gasteiger partial charge is 0.232 e. The summed E-state index contributed by atoms with van der Waals surface area (Å²) in [5, 5.41) is 3.13. The highest BCUT2D eigenvalue weighted by Gasteiger charge is 2.22. The van der Waals surface area contributed by atoms with Gasteiger partial charge in [0.15, 0.2) is 11.5 Å². The van der Waals surface area contributed by atoms with Gasteiger partial charge in [-0.3, -0.25) is 9.10 Å². The van der Waals surface area contributed by atoms with E-state index in [1.165, 1.54) is 34.5 Å². The fourth-order valence-electron chi connectivity index (χ4n) is 4.57. The van der Waals surface area contributed by atoms with Gasteiger partial charge < -0.3 is 14.8 Å². The zero-order valence-electron chi connectivity index (χ0n) is 19.3. The number of fused-ring (bicyclic) bond motifs is 2. The van der Waals surface area contributed by atoms with E-state index in [4.69, 9.17) is 9.47 Å². The van der Waals surface area contributed by atoms with Gasteiger partial charge >= 0.3 is 0 Å². The molecule has 33 heavy (non-hydrogen) atoms. The molecular weight excluding hydrogens is 440 g/mol. The lowest BCUT2D eigenvalue weighted by Gasteiger charge is -2.23. The molecule has 4 rings (SSSR count). The largest absolute Gasteiger partial charge is 0.454 e. The van der Waals surface area contributed by atoms with Gasteiger partial charge in [0.25, 0.3) is 0 Å². The zero-order chi connectivity index (χ0) is 23.4. The minimum atomic E-state index is -3.51. The molecule has 1 atom stereocenters. The van der Waals surface area contributed by atoms with Crippen LogP contribution in [0.15, 0.2) is 36.4 Å². The van der Waals surface area contributed by atoms with Crippen LogP contribution in [0.4, 0.5) is 5.69 Å². The monoisotopic (exact) mass is 472 g/mol. The topological polar surface area (TPSA) is 84.9 Å². The second-order valence-electron chi connectivity index (χ2n) is 8.74. The third-order valence-corrected chi connectivity index (χ3v) is 7.52. The van der Waals surface area contributed by atoms with Gasteiger partial charge in [-0.1, -0.05) is 25.1 Å². The third kappa shape index (κ3) is 5.61. The summed E-state index contributed by atoms with van der Waals surface area (Å²) in [6, 6.07) is 11.6. The Labute approximate surface area is 196 Å². The summed E-state index contributed by atoms with van der Waals surface area (Å²) >= 11 is 0. The van der Waals surface area contributed by atoms with Gasteiger partial charge in [0.1, 0.15) is 0 Å². The van der Waals surface area contributed by atoms with Crippen LogP contribution in [0.2, 0.25) is 0 Å². The Bertz CT molecular complexity index is 1120. The molecule has 2 aromatic rings. The normalized spacial score (nSPS) is 15.6. The minimum absolute atomic E-state index is 0.0374. The lowest BCUT2D eigenvalue weighted by atomic mass is 9.89.